The second-order valence-corrected chi connectivity index (χ2v) is 3.42. The summed E-state index contributed by atoms with van der Waals surface area (Å²) in [5, 5.41) is 0. The van der Waals surface area contributed by atoms with Gasteiger partial charge in [0, 0.05) is 18.2 Å². The smallest absolute Gasteiger partial charge is 0.337 e. The highest BCUT2D eigenvalue weighted by atomic mass is 16.5. The number of carbonyl (C=O) groups excluding carboxylic acids is 1. The predicted octanol–water partition coefficient (Wildman–Crippen LogP) is 0.487. The van der Waals surface area contributed by atoms with Crippen LogP contribution in [0.4, 0.5) is 0 Å². The maximum atomic E-state index is 11.4. The minimum absolute atomic E-state index is 0.229. The van der Waals surface area contributed by atoms with E-state index in [9.17, 15) is 4.79 Å². The molecule has 4 heteroatoms. The van der Waals surface area contributed by atoms with Crippen LogP contribution in [0, 0.1) is 5.92 Å². The lowest BCUT2D eigenvalue weighted by molar-refractivity contribution is -0.138. The van der Waals surface area contributed by atoms with Crippen molar-refractivity contribution >= 4 is 5.97 Å². The fourth-order valence-electron chi connectivity index (χ4n) is 1.70. The van der Waals surface area contributed by atoms with Gasteiger partial charge in [0.15, 0.2) is 0 Å². The molecule has 0 radical (unpaired) electrons. The Bertz CT molecular complexity index is 307. The van der Waals surface area contributed by atoms with Gasteiger partial charge in [-0.2, -0.15) is 0 Å². The Morgan fingerprint density at radius 2 is 2.57 bits per heavy atom. The Labute approximate surface area is 83.0 Å². The first-order valence-corrected chi connectivity index (χ1v) is 4.89. The van der Waals surface area contributed by atoms with E-state index in [-0.39, 0.29) is 5.97 Å². The molecule has 1 heterocycles. The zero-order chi connectivity index (χ0) is 9.97. The molecule has 0 saturated carbocycles. The number of rotatable bonds is 2. The number of hydrogen-bond acceptors (Lipinski definition) is 4. The van der Waals surface area contributed by atoms with E-state index in [2.05, 4.69) is 10.9 Å². The van der Waals surface area contributed by atoms with Crippen LogP contribution in [0.15, 0.2) is 23.4 Å². The third-order valence-electron chi connectivity index (χ3n) is 2.47. The summed E-state index contributed by atoms with van der Waals surface area (Å²) in [5.74, 6) is 0.264. The fraction of sp³-hybridized carbons (Fsp3) is 0.500. The van der Waals surface area contributed by atoms with E-state index in [1.54, 1.807) is 0 Å². The molecule has 0 bridgehead atoms. The molecule has 4 nitrogen and oxygen atoms in total. The van der Waals surface area contributed by atoms with Gasteiger partial charge in [0.1, 0.15) is 0 Å². The van der Waals surface area contributed by atoms with E-state index in [0.29, 0.717) is 18.1 Å². The molecular formula is C10H14N2O2. The molecule has 2 rings (SSSR count). The molecule has 1 aliphatic heterocycles. The van der Waals surface area contributed by atoms with E-state index in [4.69, 9.17) is 4.74 Å². The molecule has 0 amide bonds. The van der Waals surface area contributed by atoms with Crippen LogP contribution in [-0.2, 0) is 9.53 Å². The maximum Gasteiger partial charge on any atom is 0.337 e. The topological polar surface area (TPSA) is 50.4 Å². The van der Waals surface area contributed by atoms with Crippen LogP contribution in [-0.4, -0.2) is 19.1 Å². The van der Waals surface area contributed by atoms with Crippen LogP contribution in [0.25, 0.3) is 0 Å². The molecule has 1 aliphatic carbocycles. The molecule has 0 aromatic rings. The van der Waals surface area contributed by atoms with Crippen LogP contribution in [0.2, 0.25) is 0 Å². The summed E-state index contributed by atoms with van der Waals surface area (Å²) in [6.45, 7) is 3.17. The van der Waals surface area contributed by atoms with Gasteiger partial charge in [-0.05, 0) is 19.4 Å². The summed E-state index contributed by atoms with van der Waals surface area (Å²) < 4.78 is 4.93. The first-order valence-electron chi connectivity index (χ1n) is 4.89. The van der Waals surface area contributed by atoms with Crippen LogP contribution in [0.5, 0.6) is 0 Å². The average Bonchev–Trinajstić information content (AvgIpc) is 2.64. The zero-order valence-corrected chi connectivity index (χ0v) is 8.17. The average molecular weight is 194 g/mol. The summed E-state index contributed by atoms with van der Waals surface area (Å²) in [7, 11) is 0. The van der Waals surface area contributed by atoms with Crippen molar-refractivity contribution < 1.29 is 9.53 Å². The fourth-order valence-corrected chi connectivity index (χ4v) is 1.70. The number of fused-ring (bicyclic) bond motifs is 1. The maximum absolute atomic E-state index is 11.4. The van der Waals surface area contributed by atoms with E-state index in [0.717, 1.165) is 18.7 Å². The van der Waals surface area contributed by atoms with E-state index >= 15 is 0 Å². The summed E-state index contributed by atoms with van der Waals surface area (Å²) in [6, 6.07) is 0. The number of carbonyl (C=O) groups is 1. The Morgan fingerprint density at radius 1 is 1.71 bits per heavy atom. The van der Waals surface area contributed by atoms with Crippen molar-refractivity contribution in [3.8, 4) is 0 Å². The molecule has 2 aliphatic rings. The van der Waals surface area contributed by atoms with Gasteiger partial charge in [-0.15, -0.1) is 0 Å². The lowest BCUT2D eigenvalue weighted by atomic mass is 9.94. The minimum atomic E-state index is -0.229. The number of hydrazine groups is 1. The number of nitrogens with one attached hydrogen (secondary N) is 2. The molecule has 0 aromatic carbocycles. The second-order valence-electron chi connectivity index (χ2n) is 3.42. The summed E-state index contributed by atoms with van der Waals surface area (Å²) >= 11 is 0. The van der Waals surface area contributed by atoms with E-state index in [1.807, 2.05) is 19.1 Å². The number of allylic oxidation sites excluding steroid dienone is 1. The zero-order valence-electron chi connectivity index (χ0n) is 8.17. The van der Waals surface area contributed by atoms with Crippen LogP contribution < -0.4 is 10.9 Å². The van der Waals surface area contributed by atoms with Gasteiger partial charge >= 0.3 is 5.97 Å². The number of ether oxygens (including phenoxy) is 1. The highest BCUT2D eigenvalue weighted by Crippen LogP contribution is 2.24. The van der Waals surface area contributed by atoms with Crippen molar-refractivity contribution in [3.63, 3.8) is 0 Å². The molecule has 2 N–H and O–H groups in total. The van der Waals surface area contributed by atoms with Gasteiger partial charge in [0.2, 0.25) is 0 Å². The van der Waals surface area contributed by atoms with Crippen molar-refractivity contribution in [1.82, 2.24) is 10.9 Å². The molecule has 1 saturated heterocycles. The molecule has 0 spiro atoms. The lowest BCUT2D eigenvalue weighted by Crippen LogP contribution is -2.21. The van der Waals surface area contributed by atoms with Gasteiger partial charge < -0.3 is 10.2 Å². The highest BCUT2D eigenvalue weighted by Gasteiger charge is 2.24. The largest absolute Gasteiger partial charge is 0.462 e. The standard InChI is InChI=1S/C10H14N2O2/c1-2-14-10(13)7-3-4-8-6-11-12-9(8)5-7/h3,5,8,11-12H,2,4,6H2,1H3. The monoisotopic (exact) mass is 194 g/mol. The van der Waals surface area contributed by atoms with Crippen LogP contribution >= 0.6 is 0 Å². The molecule has 76 valence electrons. The molecular weight excluding hydrogens is 180 g/mol. The van der Waals surface area contributed by atoms with Gasteiger partial charge in [0.25, 0.3) is 0 Å². The Balaban J connectivity index is 2.08. The second kappa shape index (κ2) is 3.84. The van der Waals surface area contributed by atoms with Gasteiger partial charge in [-0.25, -0.2) is 10.2 Å². The Kier molecular flexibility index (Phi) is 2.54. The van der Waals surface area contributed by atoms with Crippen LogP contribution in [0.3, 0.4) is 0 Å². The third-order valence-corrected chi connectivity index (χ3v) is 2.47. The number of hydrogen-bond donors (Lipinski definition) is 2. The first kappa shape index (κ1) is 9.27. The molecule has 0 aromatic heterocycles. The molecule has 1 unspecified atom stereocenters. The number of esters is 1. The molecule has 1 atom stereocenters. The molecule has 14 heavy (non-hydrogen) atoms. The van der Waals surface area contributed by atoms with Gasteiger partial charge in [-0.1, -0.05) is 6.08 Å². The van der Waals surface area contributed by atoms with E-state index < -0.39 is 0 Å². The first-order chi connectivity index (χ1) is 6.81. The normalized spacial score (nSPS) is 24.5. The SMILES string of the molecule is CCOC(=O)C1=CCC2CNNC2=C1. The van der Waals surface area contributed by atoms with Crippen molar-refractivity contribution in [3.05, 3.63) is 23.4 Å². The van der Waals surface area contributed by atoms with Crippen molar-refractivity contribution in [2.75, 3.05) is 13.2 Å². The summed E-state index contributed by atoms with van der Waals surface area (Å²) in [4.78, 5) is 11.4. The van der Waals surface area contributed by atoms with Crippen molar-refractivity contribution in [1.29, 1.82) is 0 Å². The predicted molar refractivity (Wildman–Crippen MR) is 52.0 cm³/mol. The quantitative estimate of drug-likeness (QED) is 0.628. The van der Waals surface area contributed by atoms with Crippen molar-refractivity contribution in [2.45, 2.75) is 13.3 Å². The summed E-state index contributed by atoms with van der Waals surface area (Å²) in [5.41, 5.74) is 7.85. The van der Waals surface area contributed by atoms with Crippen molar-refractivity contribution in [2.24, 2.45) is 5.92 Å². The van der Waals surface area contributed by atoms with Gasteiger partial charge in [-0.3, -0.25) is 0 Å². The van der Waals surface area contributed by atoms with Crippen LogP contribution in [0.1, 0.15) is 13.3 Å². The molecule has 1 fully saturated rings. The van der Waals surface area contributed by atoms with Gasteiger partial charge in [0.05, 0.1) is 12.2 Å². The highest BCUT2D eigenvalue weighted by molar-refractivity contribution is 5.92. The lowest BCUT2D eigenvalue weighted by Gasteiger charge is -2.14. The Hall–Kier alpha value is -1.29. The van der Waals surface area contributed by atoms with E-state index in [1.165, 1.54) is 0 Å². The summed E-state index contributed by atoms with van der Waals surface area (Å²) in [6.07, 6.45) is 4.72. The Morgan fingerprint density at radius 3 is 3.36 bits per heavy atom. The minimum Gasteiger partial charge on any atom is -0.462 e. The third kappa shape index (κ3) is 1.65.